The van der Waals surface area contributed by atoms with Gasteiger partial charge in [-0.05, 0) is 31.2 Å². The van der Waals surface area contributed by atoms with Gasteiger partial charge in [0.05, 0.1) is 11.8 Å². The normalized spacial score (nSPS) is 16.2. The van der Waals surface area contributed by atoms with E-state index in [-0.39, 0.29) is 17.7 Å². The number of anilines is 1. The summed E-state index contributed by atoms with van der Waals surface area (Å²) in [5, 5.41) is 3.96. The molecule has 1 fully saturated rings. The predicted octanol–water partition coefficient (Wildman–Crippen LogP) is 4.34. The molecule has 1 saturated heterocycles. The van der Waals surface area contributed by atoms with Gasteiger partial charge in [0, 0.05) is 19.2 Å². The van der Waals surface area contributed by atoms with Gasteiger partial charge in [0.1, 0.15) is 11.0 Å². The molecule has 0 spiro atoms. The summed E-state index contributed by atoms with van der Waals surface area (Å²) in [6.07, 6.45) is 2.31. The van der Waals surface area contributed by atoms with Crippen molar-refractivity contribution in [2.75, 3.05) is 23.7 Å². The molecule has 7 heteroatoms. The highest BCUT2D eigenvalue weighted by Crippen LogP contribution is 2.26. The van der Waals surface area contributed by atoms with Crippen molar-refractivity contribution in [3.8, 4) is 0 Å². The molecule has 1 aliphatic rings. The average Bonchev–Trinajstić information content (AvgIpc) is 2.67. The van der Waals surface area contributed by atoms with E-state index in [0.29, 0.717) is 10.3 Å². The third kappa shape index (κ3) is 5.84. The topological polar surface area (TPSA) is 58.1 Å². The molecule has 0 unspecified atom stereocenters. The number of amides is 1. The Bertz CT molecular complexity index is 766. The minimum atomic E-state index is -0.0479. The fourth-order valence-electron chi connectivity index (χ4n) is 3.09. The number of piperidine rings is 1. The Hall–Kier alpha value is -1.79. The molecule has 1 atom stereocenters. The smallest absolute Gasteiger partial charge is 0.230 e. The maximum atomic E-state index is 12.3. The minimum absolute atomic E-state index is 0.0366. The van der Waals surface area contributed by atoms with Gasteiger partial charge in [0.15, 0.2) is 5.16 Å². The molecule has 0 aliphatic carbocycles. The molecular weight excluding hydrogens is 380 g/mol. The molecule has 2 aromatic rings. The van der Waals surface area contributed by atoms with Gasteiger partial charge in [-0.2, -0.15) is 0 Å². The molecule has 1 aromatic carbocycles. The molecule has 2 heterocycles. The van der Waals surface area contributed by atoms with E-state index < -0.39 is 0 Å². The molecular formula is C20H25ClN4OS. The van der Waals surface area contributed by atoms with E-state index >= 15 is 0 Å². The lowest BCUT2D eigenvalue weighted by atomic mass is 9.99. The maximum Gasteiger partial charge on any atom is 0.230 e. The van der Waals surface area contributed by atoms with Crippen molar-refractivity contribution in [3.05, 3.63) is 47.1 Å². The lowest BCUT2D eigenvalue weighted by molar-refractivity contribution is -0.119. The minimum Gasteiger partial charge on any atom is -0.356 e. The third-order valence-corrected chi connectivity index (χ3v) is 5.82. The van der Waals surface area contributed by atoms with Crippen LogP contribution in [0.1, 0.15) is 38.3 Å². The predicted molar refractivity (Wildman–Crippen MR) is 111 cm³/mol. The van der Waals surface area contributed by atoms with E-state index in [4.69, 9.17) is 11.6 Å². The molecule has 5 nitrogen and oxygen atoms in total. The first-order valence-corrected chi connectivity index (χ1v) is 10.6. The third-order valence-electron chi connectivity index (χ3n) is 4.78. The van der Waals surface area contributed by atoms with Gasteiger partial charge in [-0.1, -0.05) is 60.6 Å². The Morgan fingerprint density at radius 3 is 2.70 bits per heavy atom. The van der Waals surface area contributed by atoms with Crippen molar-refractivity contribution in [2.45, 2.75) is 37.9 Å². The number of thioether (sulfide) groups is 1. The number of benzene rings is 1. The van der Waals surface area contributed by atoms with Gasteiger partial charge < -0.3 is 10.2 Å². The quantitative estimate of drug-likeness (QED) is 0.441. The Morgan fingerprint density at radius 2 is 2.00 bits per heavy atom. The number of hydrogen-bond acceptors (Lipinski definition) is 5. The van der Waals surface area contributed by atoms with Gasteiger partial charge in [-0.3, -0.25) is 4.79 Å². The van der Waals surface area contributed by atoms with Gasteiger partial charge in [0.2, 0.25) is 5.91 Å². The maximum absolute atomic E-state index is 12.3. The monoisotopic (exact) mass is 404 g/mol. The van der Waals surface area contributed by atoms with Crippen LogP contribution in [0.3, 0.4) is 0 Å². The number of halogens is 1. The Labute approximate surface area is 169 Å². The van der Waals surface area contributed by atoms with Crippen LogP contribution in [0.2, 0.25) is 5.15 Å². The number of nitrogens with one attached hydrogen (secondary N) is 1. The van der Waals surface area contributed by atoms with E-state index in [1.54, 1.807) is 6.07 Å². The highest BCUT2D eigenvalue weighted by atomic mass is 35.5. The molecule has 0 radical (unpaired) electrons. The van der Waals surface area contributed by atoms with Crippen LogP contribution in [0.25, 0.3) is 0 Å². The SMILES string of the molecule is CC1CCN(c2cc(Cl)nc(SCC(=O)N[C@H](C)c3ccccc3)n2)CC1. The van der Waals surface area contributed by atoms with Crippen LogP contribution in [-0.2, 0) is 4.79 Å². The second-order valence-corrected chi connectivity index (χ2v) is 8.32. The number of aromatic nitrogens is 2. The molecule has 144 valence electrons. The van der Waals surface area contributed by atoms with Crippen LogP contribution in [0.5, 0.6) is 0 Å². The zero-order valence-corrected chi connectivity index (χ0v) is 17.3. The molecule has 1 aromatic heterocycles. The summed E-state index contributed by atoms with van der Waals surface area (Å²) < 4.78 is 0. The average molecular weight is 405 g/mol. The summed E-state index contributed by atoms with van der Waals surface area (Å²) in [5.74, 6) is 1.81. The second-order valence-electron chi connectivity index (χ2n) is 6.99. The summed E-state index contributed by atoms with van der Waals surface area (Å²) in [6, 6.07) is 11.7. The summed E-state index contributed by atoms with van der Waals surface area (Å²) in [4.78, 5) is 23.4. The van der Waals surface area contributed by atoms with E-state index in [1.165, 1.54) is 11.8 Å². The summed E-state index contributed by atoms with van der Waals surface area (Å²) in [5.41, 5.74) is 1.08. The molecule has 1 N–H and O–H groups in total. The molecule has 1 amide bonds. The Kier molecular flexibility index (Phi) is 6.96. The van der Waals surface area contributed by atoms with Crippen molar-refractivity contribution in [3.63, 3.8) is 0 Å². The number of hydrogen-bond donors (Lipinski definition) is 1. The standard InChI is InChI=1S/C20H25ClN4OS/c1-14-8-10-25(11-9-14)18-12-17(21)23-20(24-18)27-13-19(26)22-15(2)16-6-4-3-5-7-16/h3-7,12,14-15H,8-11,13H2,1-2H3,(H,22,26)/t15-/m1/s1. The zero-order valence-electron chi connectivity index (χ0n) is 15.7. The zero-order chi connectivity index (χ0) is 19.2. The van der Waals surface area contributed by atoms with E-state index in [2.05, 4.69) is 27.1 Å². The summed E-state index contributed by atoms with van der Waals surface area (Å²) >= 11 is 7.50. The van der Waals surface area contributed by atoms with Gasteiger partial charge in [0.25, 0.3) is 0 Å². The van der Waals surface area contributed by atoms with E-state index in [0.717, 1.165) is 43.2 Å². The largest absolute Gasteiger partial charge is 0.356 e. The number of rotatable bonds is 6. The lowest BCUT2D eigenvalue weighted by Crippen LogP contribution is -2.33. The molecule has 3 rings (SSSR count). The molecule has 0 bridgehead atoms. The van der Waals surface area contributed by atoms with Crippen LogP contribution in [0.4, 0.5) is 5.82 Å². The van der Waals surface area contributed by atoms with Crippen molar-refractivity contribution in [1.29, 1.82) is 0 Å². The van der Waals surface area contributed by atoms with Crippen LogP contribution in [0.15, 0.2) is 41.6 Å². The fraction of sp³-hybridized carbons (Fsp3) is 0.450. The summed E-state index contributed by atoms with van der Waals surface area (Å²) in [6.45, 7) is 6.21. The van der Waals surface area contributed by atoms with Gasteiger partial charge >= 0.3 is 0 Å². The first-order valence-electron chi connectivity index (χ1n) is 9.28. The van der Waals surface area contributed by atoms with Crippen LogP contribution >= 0.6 is 23.4 Å². The van der Waals surface area contributed by atoms with E-state index in [1.807, 2.05) is 37.3 Å². The first-order chi connectivity index (χ1) is 13.0. The number of carbonyl (C=O) groups is 1. The van der Waals surface area contributed by atoms with Crippen LogP contribution in [0, 0.1) is 5.92 Å². The van der Waals surface area contributed by atoms with Gasteiger partial charge in [-0.15, -0.1) is 0 Å². The highest BCUT2D eigenvalue weighted by Gasteiger charge is 2.19. The first kappa shape index (κ1) is 20.0. The fourth-order valence-corrected chi connectivity index (χ4v) is 3.98. The Morgan fingerprint density at radius 1 is 1.30 bits per heavy atom. The lowest BCUT2D eigenvalue weighted by Gasteiger charge is -2.31. The van der Waals surface area contributed by atoms with Crippen molar-refractivity contribution < 1.29 is 4.79 Å². The molecule has 0 saturated carbocycles. The molecule has 1 aliphatic heterocycles. The number of carbonyl (C=O) groups excluding carboxylic acids is 1. The van der Waals surface area contributed by atoms with Crippen molar-refractivity contribution in [1.82, 2.24) is 15.3 Å². The van der Waals surface area contributed by atoms with Crippen molar-refractivity contribution in [2.24, 2.45) is 5.92 Å². The Balaban J connectivity index is 1.56. The van der Waals surface area contributed by atoms with Crippen molar-refractivity contribution >= 4 is 35.1 Å². The van der Waals surface area contributed by atoms with Gasteiger partial charge in [-0.25, -0.2) is 9.97 Å². The molecule has 27 heavy (non-hydrogen) atoms. The second kappa shape index (κ2) is 9.42. The highest BCUT2D eigenvalue weighted by molar-refractivity contribution is 7.99. The van der Waals surface area contributed by atoms with E-state index in [9.17, 15) is 4.79 Å². The summed E-state index contributed by atoms with van der Waals surface area (Å²) in [7, 11) is 0. The number of nitrogens with zero attached hydrogens (tertiary/aromatic N) is 3. The van der Waals surface area contributed by atoms with Crippen LogP contribution in [-0.4, -0.2) is 34.7 Å². The van der Waals surface area contributed by atoms with Crippen LogP contribution < -0.4 is 10.2 Å².